The number of fused-ring (bicyclic) bond motifs is 1. The van der Waals surface area contributed by atoms with Gasteiger partial charge < -0.3 is 15.5 Å². The summed E-state index contributed by atoms with van der Waals surface area (Å²) in [5.74, 6) is -2.67. The molecule has 11 heteroatoms. The molecule has 0 spiro atoms. The van der Waals surface area contributed by atoms with Gasteiger partial charge in [0.05, 0.1) is 10.9 Å². The van der Waals surface area contributed by atoms with Gasteiger partial charge >= 0.3 is 5.92 Å². The number of nitrogens with one attached hydrogen (secondary N) is 2. The maximum atomic E-state index is 14.2. The number of halogens is 2. The van der Waals surface area contributed by atoms with Crippen molar-refractivity contribution in [2.45, 2.75) is 70.9 Å². The summed E-state index contributed by atoms with van der Waals surface area (Å²) in [6.45, 7) is 7.89. The second kappa shape index (κ2) is 8.47. The van der Waals surface area contributed by atoms with Crippen molar-refractivity contribution in [2.75, 3.05) is 23.3 Å². The number of carbonyl (C=O) groups is 1. The molecule has 1 atom stereocenters. The fourth-order valence-electron chi connectivity index (χ4n) is 4.52. The van der Waals surface area contributed by atoms with E-state index in [9.17, 15) is 13.6 Å². The van der Waals surface area contributed by atoms with E-state index in [0.717, 1.165) is 31.8 Å². The molecule has 1 unspecified atom stereocenters. The molecule has 0 radical (unpaired) electrons. The summed E-state index contributed by atoms with van der Waals surface area (Å²) in [5.41, 5.74) is 1.35. The van der Waals surface area contributed by atoms with Crippen molar-refractivity contribution in [1.82, 2.24) is 30.0 Å². The molecule has 4 heterocycles. The van der Waals surface area contributed by atoms with Gasteiger partial charge in [0.25, 0.3) is 0 Å². The van der Waals surface area contributed by atoms with Crippen LogP contribution in [0.4, 0.5) is 20.4 Å². The number of aryl methyl sites for hydroxylation is 1. The van der Waals surface area contributed by atoms with Crippen molar-refractivity contribution in [3.63, 3.8) is 0 Å². The summed E-state index contributed by atoms with van der Waals surface area (Å²) in [6, 6.07) is 3.72. The number of pyridine rings is 1. The highest BCUT2D eigenvalue weighted by Crippen LogP contribution is 2.37. The predicted octanol–water partition coefficient (Wildman–Crippen LogP) is 3.56. The third kappa shape index (κ3) is 4.82. The van der Waals surface area contributed by atoms with Gasteiger partial charge in [-0.05, 0) is 32.6 Å². The van der Waals surface area contributed by atoms with Crippen molar-refractivity contribution < 1.29 is 13.6 Å². The van der Waals surface area contributed by atoms with Gasteiger partial charge in [-0.3, -0.25) is 4.79 Å². The van der Waals surface area contributed by atoms with E-state index in [0.29, 0.717) is 35.3 Å². The van der Waals surface area contributed by atoms with Crippen LogP contribution in [0.15, 0.2) is 18.3 Å². The molecule has 3 aromatic heterocycles. The van der Waals surface area contributed by atoms with Crippen LogP contribution in [-0.2, 0) is 17.1 Å². The van der Waals surface area contributed by atoms with Crippen LogP contribution < -0.4 is 15.5 Å². The predicted molar refractivity (Wildman–Crippen MR) is 129 cm³/mol. The summed E-state index contributed by atoms with van der Waals surface area (Å²) < 4.78 is 29.9. The minimum atomic E-state index is -3.19. The first kappa shape index (κ1) is 23.5. The van der Waals surface area contributed by atoms with Gasteiger partial charge in [0.15, 0.2) is 11.6 Å². The zero-order valence-corrected chi connectivity index (χ0v) is 20.4. The van der Waals surface area contributed by atoms with Gasteiger partial charge in [0.1, 0.15) is 5.82 Å². The SMILES string of the molecule is CCc1cc(-n2nc(N3CCC(NC4(C)CC4)C3)c3cnc(NC(C)=O)cc32)nc(C(C)(F)F)n1. The number of anilines is 2. The van der Waals surface area contributed by atoms with Crippen LogP contribution in [0.5, 0.6) is 0 Å². The fraction of sp³-hybridized carbons (Fsp3) is 0.542. The number of amides is 1. The van der Waals surface area contributed by atoms with Crippen molar-refractivity contribution in [3.05, 3.63) is 29.8 Å². The molecule has 0 aromatic carbocycles. The lowest BCUT2D eigenvalue weighted by molar-refractivity contribution is -0.114. The van der Waals surface area contributed by atoms with Crippen LogP contribution in [0.3, 0.4) is 0 Å². The average molecular weight is 485 g/mol. The molecular weight excluding hydrogens is 454 g/mol. The number of nitrogens with zero attached hydrogens (tertiary/aromatic N) is 6. The molecule has 1 saturated carbocycles. The highest BCUT2D eigenvalue weighted by Gasteiger charge is 2.40. The van der Waals surface area contributed by atoms with E-state index in [-0.39, 0.29) is 17.3 Å². The first-order valence-electron chi connectivity index (χ1n) is 12.0. The Hall–Kier alpha value is -3.21. The Bertz CT molecular complexity index is 1280. The van der Waals surface area contributed by atoms with E-state index < -0.39 is 11.7 Å². The van der Waals surface area contributed by atoms with Gasteiger partial charge in [0.2, 0.25) is 11.7 Å². The first-order valence-corrected chi connectivity index (χ1v) is 12.0. The molecule has 35 heavy (non-hydrogen) atoms. The van der Waals surface area contributed by atoms with Gasteiger partial charge in [-0.25, -0.2) is 19.6 Å². The molecule has 3 aromatic rings. The Balaban J connectivity index is 1.60. The molecule has 0 bridgehead atoms. The fourth-order valence-corrected chi connectivity index (χ4v) is 4.52. The van der Waals surface area contributed by atoms with Gasteiger partial charge in [-0.15, -0.1) is 5.10 Å². The number of rotatable bonds is 7. The average Bonchev–Trinajstić information content (AvgIpc) is 3.18. The molecule has 2 fully saturated rings. The summed E-state index contributed by atoms with van der Waals surface area (Å²) in [6.07, 6.45) is 5.51. The molecule has 2 aliphatic rings. The van der Waals surface area contributed by atoms with E-state index in [1.165, 1.54) is 19.8 Å². The summed E-state index contributed by atoms with van der Waals surface area (Å²) in [4.78, 5) is 26.4. The lowest BCUT2D eigenvalue weighted by Gasteiger charge is -2.20. The smallest absolute Gasteiger partial charge is 0.303 e. The Kier molecular flexibility index (Phi) is 5.70. The highest BCUT2D eigenvalue weighted by molar-refractivity contribution is 5.95. The zero-order chi connectivity index (χ0) is 25.0. The topological polar surface area (TPSA) is 101 Å². The van der Waals surface area contributed by atoms with Crippen LogP contribution in [0.2, 0.25) is 0 Å². The highest BCUT2D eigenvalue weighted by atomic mass is 19.3. The first-order chi connectivity index (χ1) is 16.5. The van der Waals surface area contributed by atoms with Crippen molar-refractivity contribution >= 4 is 28.4 Å². The van der Waals surface area contributed by atoms with Crippen molar-refractivity contribution in [2.24, 2.45) is 0 Å². The summed E-state index contributed by atoms with van der Waals surface area (Å²) >= 11 is 0. The molecule has 9 nitrogen and oxygen atoms in total. The number of carbonyl (C=O) groups excluding carboxylic acids is 1. The third-order valence-electron chi connectivity index (χ3n) is 6.63. The second-order valence-electron chi connectivity index (χ2n) is 9.92. The van der Waals surface area contributed by atoms with E-state index in [4.69, 9.17) is 5.10 Å². The maximum absolute atomic E-state index is 14.2. The number of hydrogen-bond acceptors (Lipinski definition) is 7. The molecule has 1 aliphatic heterocycles. The second-order valence-corrected chi connectivity index (χ2v) is 9.92. The number of aromatic nitrogens is 5. The zero-order valence-electron chi connectivity index (χ0n) is 20.4. The number of hydrogen-bond donors (Lipinski definition) is 2. The largest absolute Gasteiger partial charge is 0.353 e. The molecule has 1 saturated heterocycles. The van der Waals surface area contributed by atoms with E-state index in [2.05, 4.69) is 37.4 Å². The van der Waals surface area contributed by atoms with Crippen molar-refractivity contribution in [3.8, 4) is 5.82 Å². The lowest BCUT2D eigenvalue weighted by Crippen LogP contribution is -2.40. The molecule has 2 N–H and O–H groups in total. The molecule has 186 valence electrons. The van der Waals surface area contributed by atoms with E-state index >= 15 is 0 Å². The minimum Gasteiger partial charge on any atom is -0.353 e. The van der Waals surface area contributed by atoms with E-state index in [1.807, 2.05) is 6.92 Å². The van der Waals surface area contributed by atoms with Gasteiger partial charge in [0, 0.05) is 62.5 Å². The molecule has 5 rings (SSSR count). The van der Waals surface area contributed by atoms with Crippen LogP contribution in [0.25, 0.3) is 16.7 Å². The molecule has 1 aliphatic carbocycles. The van der Waals surface area contributed by atoms with Crippen LogP contribution in [-0.4, -0.2) is 55.3 Å². The van der Waals surface area contributed by atoms with Gasteiger partial charge in [-0.2, -0.15) is 8.78 Å². The Morgan fingerprint density at radius 3 is 2.71 bits per heavy atom. The monoisotopic (exact) mass is 484 g/mol. The minimum absolute atomic E-state index is 0.232. The van der Waals surface area contributed by atoms with Crippen LogP contribution in [0.1, 0.15) is 58.5 Å². The standard InChI is InChI=1S/C24H30F2N8O/c1-5-15-10-20(30-22(29-15)24(4,25)26)34-18-11-19(28-14(2)35)27-12-17(18)21(32-34)33-9-6-16(13-33)31-23(3)7-8-23/h10-12,16,31H,5-9,13H2,1-4H3,(H,27,28,35). The quantitative estimate of drug-likeness (QED) is 0.529. The van der Waals surface area contributed by atoms with Gasteiger partial charge in [-0.1, -0.05) is 6.92 Å². The Labute approximate surface area is 202 Å². The van der Waals surface area contributed by atoms with Crippen LogP contribution in [0, 0.1) is 0 Å². The Morgan fingerprint density at radius 2 is 2.06 bits per heavy atom. The van der Waals surface area contributed by atoms with Crippen LogP contribution >= 0.6 is 0 Å². The summed E-state index contributed by atoms with van der Waals surface area (Å²) in [5, 5.41) is 12.0. The van der Waals surface area contributed by atoms with E-state index in [1.54, 1.807) is 23.0 Å². The third-order valence-corrected chi connectivity index (χ3v) is 6.63. The number of alkyl halides is 2. The summed E-state index contributed by atoms with van der Waals surface area (Å²) in [7, 11) is 0. The molecular formula is C24H30F2N8O. The van der Waals surface area contributed by atoms with Crippen molar-refractivity contribution in [1.29, 1.82) is 0 Å². The lowest BCUT2D eigenvalue weighted by atomic mass is 10.2. The Morgan fingerprint density at radius 1 is 1.29 bits per heavy atom. The normalized spacial score (nSPS) is 19.4. The molecule has 1 amide bonds. The maximum Gasteiger partial charge on any atom is 0.303 e.